The normalized spacial score (nSPS) is 17.0. The Bertz CT molecular complexity index is 944. The Balaban J connectivity index is 0.00000280. The summed E-state index contributed by atoms with van der Waals surface area (Å²) in [7, 11) is -1.81. The van der Waals surface area contributed by atoms with Gasteiger partial charge in [0.1, 0.15) is 11.9 Å². The maximum absolute atomic E-state index is 13.1. The lowest BCUT2D eigenvalue weighted by Crippen LogP contribution is -2.49. The number of nitrogens with zero attached hydrogens (tertiary/aromatic N) is 3. The summed E-state index contributed by atoms with van der Waals surface area (Å²) in [5.74, 6) is 0.567. The third kappa shape index (κ3) is 4.61. The van der Waals surface area contributed by atoms with Gasteiger partial charge in [-0.25, -0.2) is 18.1 Å². The highest BCUT2D eigenvalue weighted by Crippen LogP contribution is 2.23. The first-order valence-corrected chi connectivity index (χ1v) is 10.1. The SMILES string of the molecule is C=CCNS(=O)(=O)c1cccc(C(=O)N2CCNCC2c2nccn2C)c1.Cl. The van der Waals surface area contributed by atoms with Crippen molar-refractivity contribution in [3.63, 3.8) is 0 Å². The van der Waals surface area contributed by atoms with Crippen molar-refractivity contribution in [2.45, 2.75) is 10.9 Å². The van der Waals surface area contributed by atoms with Crippen LogP contribution in [0.1, 0.15) is 22.2 Å². The van der Waals surface area contributed by atoms with Crippen LogP contribution < -0.4 is 10.0 Å². The molecule has 0 aliphatic carbocycles. The molecule has 1 saturated heterocycles. The maximum atomic E-state index is 13.1. The quantitative estimate of drug-likeness (QED) is 0.675. The zero-order valence-corrected chi connectivity index (χ0v) is 17.2. The molecule has 10 heteroatoms. The van der Waals surface area contributed by atoms with Crippen molar-refractivity contribution in [2.75, 3.05) is 26.2 Å². The standard InChI is InChI=1S/C18H23N5O3S.ClH/c1-3-7-21-27(25,26)15-6-4-5-14(12-15)18(24)23-11-8-19-13-16(23)17-20-9-10-22(17)2;/h3-6,9-10,12,16,19,21H,1,7-8,11,13H2,2H3;1H. The second-order valence-corrected chi connectivity index (χ2v) is 8.05. The van der Waals surface area contributed by atoms with Crippen molar-refractivity contribution < 1.29 is 13.2 Å². The van der Waals surface area contributed by atoms with Gasteiger partial charge >= 0.3 is 0 Å². The number of amides is 1. The molecule has 1 aliphatic heterocycles. The van der Waals surface area contributed by atoms with Crippen LogP contribution in [0.3, 0.4) is 0 Å². The lowest BCUT2D eigenvalue weighted by molar-refractivity contribution is 0.0620. The van der Waals surface area contributed by atoms with E-state index in [1.807, 2.05) is 17.8 Å². The van der Waals surface area contributed by atoms with Gasteiger partial charge in [0, 0.05) is 51.2 Å². The van der Waals surface area contributed by atoms with Crippen LogP contribution in [0.5, 0.6) is 0 Å². The van der Waals surface area contributed by atoms with Crippen molar-refractivity contribution >= 4 is 28.3 Å². The summed E-state index contributed by atoms with van der Waals surface area (Å²) in [6.45, 7) is 5.41. The zero-order valence-electron chi connectivity index (χ0n) is 15.5. The predicted molar refractivity (Wildman–Crippen MR) is 109 cm³/mol. The summed E-state index contributed by atoms with van der Waals surface area (Å²) in [6.07, 6.45) is 5.00. The number of imidazole rings is 1. The van der Waals surface area contributed by atoms with Crippen LogP contribution in [0.2, 0.25) is 0 Å². The number of carbonyl (C=O) groups is 1. The number of halogens is 1. The molecule has 3 rings (SSSR count). The third-order valence-corrected chi connectivity index (χ3v) is 5.89. The van der Waals surface area contributed by atoms with Gasteiger partial charge in [0.15, 0.2) is 0 Å². The van der Waals surface area contributed by atoms with E-state index in [2.05, 4.69) is 21.6 Å². The first-order valence-electron chi connectivity index (χ1n) is 8.63. The van der Waals surface area contributed by atoms with Gasteiger partial charge < -0.3 is 14.8 Å². The Kier molecular flexibility index (Phi) is 7.36. The summed E-state index contributed by atoms with van der Waals surface area (Å²) in [5.41, 5.74) is 0.331. The van der Waals surface area contributed by atoms with E-state index in [4.69, 9.17) is 0 Å². The molecule has 28 heavy (non-hydrogen) atoms. The summed E-state index contributed by atoms with van der Waals surface area (Å²) < 4.78 is 29.0. The molecule has 2 N–H and O–H groups in total. The number of aryl methyl sites for hydroxylation is 1. The van der Waals surface area contributed by atoms with Gasteiger partial charge in [-0.1, -0.05) is 12.1 Å². The largest absolute Gasteiger partial charge is 0.336 e. The number of nitrogens with one attached hydrogen (secondary N) is 2. The van der Waals surface area contributed by atoms with Crippen LogP contribution in [0.4, 0.5) is 0 Å². The fourth-order valence-electron chi connectivity index (χ4n) is 3.09. The van der Waals surface area contributed by atoms with E-state index in [9.17, 15) is 13.2 Å². The van der Waals surface area contributed by atoms with Crippen LogP contribution in [-0.4, -0.2) is 55.0 Å². The van der Waals surface area contributed by atoms with E-state index in [-0.39, 0.29) is 35.8 Å². The highest BCUT2D eigenvalue weighted by Gasteiger charge is 2.31. The Labute approximate surface area is 171 Å². The molecule has 1 aromatic heterocycles. The lowest BCUT2D eigenvalue weighted by Gasteiger charge is -2.35. The first kappa shape index (κ1) is 22.1. The summed E-state index contributed by atoms with van der Waals surface area (Å²) >= 11 is 0. The van der Waals surface area contributed by atoms with E-state index in [0.717, 1.165) is 5.82 Å². The van der Waals surface area contributed by atoms with Crippen molar-refractivity contribution in [1.29, 1.82) is 0 Å². The minimum absolute atomic E-state index is 0. The predicted octanol–water partition coefficient (Wildman–Crippen LogP) is 1.09. The van der Waals surface area contributed by atoms with Gasteiger partial charge in [-0.2, -0.15) is 0 Å². The average molecular weight is 426 g/mol. The Hall–Kier alpha value is -2.20. The summed E-state index contributed by atoms with van der Waals surface area (Å²) in [6, 6.07) is 5.87. The van der Waals surface area contributed by atoms with E-state index in [1.165, 1.54) is 18.2 Å². The highest BCUT2D eigenvalue weighted by molar-refractivity contribution is 7.89. The van der Waals surface area contributed by atoms with E-state index in [0.29, 0.717) is 25.2 Å². The fourth-order valence-corrected chi connectivity index (χ4v) is 4.13. The Morgan fingerprint density at radius 2 is 2.25 bits per heavy atom. The topological polar surface area (TPSA) is 96.3 Å². The molecule has 0 spiro atoms. The lowest BCUT2D eigenvalue weighted by atomic mass is 10.1. The minimum Gasteiger partial charge on any atom is -0.336 e. The fraction of sp³-hybridized carbons (Fsp3) is 0.333. The number of carbonyl (C=O) groups excluding carboxylic acids is 1. The van der Waals surface area contributed by atoms with Crippen LogP contribution >= 0.6 is 12.4 Å². The number of piperazine rings is 1. The van der Waals surface area contributed by atoms with Gasteiger partial charge in [-0.05, 0) is 18.2 Å². The van der Waals surface area contributed by atoms with E-state index in [1.54, 1.807) is 23.2 Å². The van der Waals surface area contributed by atoms with Gasteiger partial charge in [-0.3, -0.25) is 4.79 Å². The van der Waals surface area contributed by atoms with Crippen molar-refractivity contribution in [2.24, 2.45) is 7.05 Å². The molecule has 0 bridgehead atoms. The number of hydrogen-bond acceptors (Lipinski definition) is 5. The molecule has 1 amide bonds. The van der Waals surface area contributed by atoms with Crippen LogP contribution in [-0.2, 0) is 17.1 Å². The van der Waals surface area contributed by atoms with Crippen LogP contribution in [0.15, 0.2) is 54.2 Å². The van der Waals surface area contributed by atoms with Crippen molar-refractivity contribution in [1.82, 2.24) is 24.5 Å². The number of aromatic nitrogens is 2. The number of rotatable bonds is 6. The molecule has 8 nitrogen and oxygen atoms in total. The van der Waals surface area contributed by atoms with Crippen LogP contribution in [0, 0.1) is 0 Å². The molecule has 152 valence electrons. The molecular weight excluding hydrogens is 402 g/mol. The minimum atomic E-state index is -3.69. The molecule has 2 aromatic rings. The monoisotopic (exact) mass is 425 g/mol. The van der Waals surface area contributed by atoms with Gasteiger partial charge in [0.25, 0.3) is 5.91 Å². The molecule has 1 aromatic carbocycles. The Morgan fingerprint density at radius 1 is 1.46 bits per heavy atom. The molecule has 1 aliphatic rings. The first-order chi connectivity index (χ1) is 12.9. The number of benzene rings is 1. The number of sulfonamides is 1. The molecule has 1 unspecified atom stereocenters. The Morgan fingerprint density at radius 3 is 2.93 bits per heavy atom. The summed E-state index contributed by atoms with van der Waals surface area (Å²) in [4.78, 5) is 19.3. The van der Waals surface area contributed by atoms with Crippen molar-refractivity contribution in [3.05, 3.63) is 60.7 Å². The third-order valence-electron chi connectivity index (χ3n) is 4.47. The molecule has 0 radical (unpaired) electrons. The summed E-state index contributed by atoms with van der Waals surface area (Å²) in [5, 5.41) is 3.28. The number of hydrogen-bond donors (Lipinski definition) is 2. The van der Waals surface area contributed by atoms with Crippen molar-refractivity contribution in [3.8, 4) is 0 Å². The molecule has 1 atom stereocenters. The molecule has 0 saturated carbocycles. The van der Waals surface area contributed by atoms with Gasteiger partial charge in [0.05, 0.1) is 4.90 Å². The smallest absolute Gasteiger partial charge is 0.254 e. The van der Waals surface area contributed by atoms with E-state index < -0.39 is 10.0 Å². The maximum Gasteiger partial charge on any atom is 0.254 e. The zero-order chi connectivity index (χ0) is 19.4. The molecular formula is C18H24ClN5O3S. The average Bonchev–Trinajstić information content (AvgIpc) is 3.11. The second kappa shape index (κ2) is 9.33. The second-order valence-electron chi connectivity index (χ2n) is 6.28. The highest BCUT2D eigenvalue weighted by atomic mass is 35.5. The van der Waals surface area contributed by atoms with E-state index >= 15 is 0 Å². The van der Waals surface area contributed by atoms with Gasteiger partial charge in [0.2, 0.25) is 10.0 Å². The molecule has 1 fully saturated rings. The van der Waals surface area contributed by atoms with Gasteiger partial charge in [-0.15, -0.1) is 19.0 Å². The molecule has 2 heterocycles. The van der Waals surface area contributed by atoms with Crippen LogP contribution in [0.25, 0.3) is 0 Å².